The lowest BCUT2D eigenvalue weighted by Gasteiger charge is -2.10. The van der Waals surface area contributed by atoms with Crippen LogP contribution in [0.5, 0.6) is 11.5 Å². The molecule has 0 bridgehead atoms. The van der Waals surface area contributed by atoms with E-state index in [0.717, 1.165) is 23.8 Å². The summed E-state index contributed by atoms with van der Waals surface area (Å²) in [5.74, 6) is -1.39. The van der Waals surface area contributed by atoms with Gasteiger partial charge in [0, 0.05) is 30.0 Å². The molecule has 1 amide bonds. The molecule has 0 fully saturated rings. The second kappa shape index (κ2) is 4.48. The van der Waals surface area contributed by atoms with Gasteiger partial charge >= 0.3 is 0 Å². The van der Waals surface area contributed by atoms with E-state index >= 15 is 0 Å². The van der Waals surface area contributed by atoms with E-state index in [-0.39, 0.29) is 23.8 Å². The molecular weight excluding hydrogens is 266 g/mol. The van der Waals surface area contributed by atoms with Crippen LogP contribution < -0.4 is 15.8 Å². The van der Waals surface area contributed by atoms with Crippen LogP contribution in [0, 0.1) is 11.6 Å². The first-order valence-corrected chi connectivity index (χ1v) is 5.87. The van der Waals surface area contributed by atoms with Crippen molar-refractivity contribution in [2.45, 2.75) is 6.42 Å². The van der Waals surface area contributed by atoms with E-state index in [1.165, 1.54) is 0 Å². The van der Waals surface area contributed by atoms with Crippen LogP contribution in [0.15, 0.2) is 30.3 Å². The summed E-state index contributed by atoms with van der Waals surface area (Å²) in [7, 11) is 0. The Labute approximate surface area is 113 Å². The van der Waals surface area contributed by atoms with Crippen molar-refractivity contribution in [2.24, 2.45) is 0 Å². The van der Waals surface area contributed by atoms with Gasteiger partial charge < -0.3 is 15.8 Å². The molecule has 0 aliphatic carbocycles. The van der Waals surface area contributed by atoms with Gasteiger partial charge in [-0.3, -0.25) is 4.79 Å². The van der Waals surface area contributed by atoms with Crippen LogP contribution >= 0.6 is 0 Å². The number of amides is 1. The van der Waals surface area contributed by atoms with Crippen molar-refractivity contribution in [3.8, 4) is 11.5 Å². The van der Waals surface area contributed by atoms with E-state index in [2.05, 4.69) is 5.32 Å². The molecule has 6 heteroatoms. The topological polar surface area (TPSA) is 64.3 Å². The molecule has 1 heterocycles. The number of halogens is 2. The average molecular weight is 276 g/mol. The summed E-state index contributed by atoms with van der Waals surface area (Å²) in [5, 5.41) is 2.65. The Morgan fingerprint density at radius 1 is 1.10 bits per heavy atom. The highest BCUT2D eigenvalue weighted by atomic mass is 19.1. The standard InChI is InChI=1S/C14H10F2N2O2/c15-8-3-9(16)5-10(4-8)20-13-6-12-7(1-11(13)17)2-14(19)18-12/h1,3-6H,2,17H2,(H,18,19). The minimum absolute atomic E-state index is 0.00141. The molecule has 102 valence electrons. The van der Waals surface area contributed by atoms with Crippen molar-refractivity contribution in [3.63, 3.8) is 0 Å². The number of rotatable bonds is 2. The Hall–Kier alpha value is -2.63. The second-order valence-corrected chi connectivity index (χ2v) is 4.48. The van der Waals surface area contributed by atoms with Crippen LogP contribution in [-0.2, 0) is 11.2 Å². The summed E-state index contributed by atoms with van der Waals surface area (Å²) in [4.78, 5) is 11.3. The zero-order valence-corrected chi connectivity index (χ0v) is 10.2. The highest BCUT2D eigenvalue weighted by Gasteiger charge is 2.20. The molecule has 0 saturated heterocycles. The van der Waals surface area contributed by atoms with E-state index in [4.69, 9.17) is 10.5 Å². The molecule has 0 saturated carbocycles. The van der Waals surface area contributed by atoms with Crippen molar-refractivity contribution in [3.05, 3.63) is 47.5 Å². The number of nitrogens with two attached hydrogens (primary N) is 1. The van der Waals surface area contributed by atoms with Gasteiger partial charge in [0.15, 0.2) is 5.75 Å². The zero-order chi connectivity index (χ0) is 14.3. The van der Waals surface area contributed by atoms with E-state index in [9.17, 15) is 13.6 Å². The van der Waals surface area contributed by atoms with Gasteiger partial charge in [0.2, 0.25) is 5.91 Å². The Bertz CT molecular complexity index is 696. The van der Waals surface area contributed by atoms with Crippen molar-refractivity contribution in [1.29, 1.82) is 0 Å². The zero-order valence-electron chi connectivity index (χ0n) is 10.2. The molecule has 0 radical (unpaired) electrons. The molecule has 0 unspecified atom stereocenters. The predicted octanol–water partition coefficient (Wildman–Crippen LogP) is 2.83. The summed E-state index contributed by atoms with van der Waals surface area (Å²) in [6.45, 7) is 0. The maximum atomic E-state index is 13.1. The molecule has 1 aliphatic rings. The number of carbonyl (C=O) groups excluding carboxylic acids is 1. The molecule has 20 heavy (non-hydrogen) atoms. The fourth-order valence-corrected chi connectivity index (χ4v) is 2.08. The number of nitrogens with one attached hydrogen (secondary N) is 1. The van der Waals surface area contributed by atoms with Crippen molar-refractivity contribution >= 4 is 17.3 Å². The molecule has 0 spiro atoms. The number of carbonyl (C=O) groups is 1. The van der Waals surface area contributed by atoms with Gasteiger partial charge in [-0.05, 0) is 11.6 Å². The Kier molecular flexibility index (Phi) is 2.78. The van der Waals surface area contributed by atoms with Crippen LogP contribution in [0.4, 0.5) is 20.2 Å². The van der Waals surface area contributed by atoms with Gasteiger partial charge in [-0.15, -0.1) is 0 Å². The quantitative estimate of drug-likeness (QED) is 0.829. The molecular formula is C14H10F2N2O2. The molecule has 4 nitrogen and oxygen atoms in total. The van der Waals surface area contributed by atoms with E-state index in [1.54, 1.807) is 12.1 Å². The number of hydrogen-bond donors (Lipinski definition) is 2. The van der Waals surface area contributed by atoms with E-state index in [0.29, 0.717) is 11.4 Å². The van der Waals surface area contributed by atoms with Crippen molar-refractivity contribution in [1.82, 2.24) is 0 Å². The van der Waals surface area contributed by atoms with Crippen LogP contribution in [-0.4, -0.2) is 5.91 Å². The lowest BCUT2D eigenvalue weighted by Crippen LogP contribution is -2.03. The van der Waals surface area contributed by atoms with Gasteiger partial charge in [-0.2, -0.15) is 0 Å². The number of hydrogen-bond acceptors (Lipinski definition) is 3. The van der Waals surface area contributed by atoms with Gasteiger partial charge in [-0.1, -0.05) is 0 Å². The van der Waals surface area contributed by atoms with Crippen LogP contribution in [0.2, 0.25) is 0 Å². The summed E-state index contributed by atoms with van der Waals surface area (Å²) in [5.41, 5.74) is 7.47. The lowest BCUT2D eigenvalue weighted by molar-refractivity contribution is -0.115. The van der Waals surface area contributed by atoms with Crippen LogP contribution in [0.3, 0.4) is 0 Å². The lowest BCUT2D eigenvalue weighted by atomic mass is 10.1. The third-order valence-electron chi connectivity index (χ3n) is 2.92. The number of fused-ring (bicyclic) bond motifs is 1. The molecule has 3 N–H and O–H groups in total. The second-order valence-electron chi connectivity index (χ2n) is 4.48. The normalized spacial score (nSPS) is 13.0. The van der Waals surface area contributed by atoms with Gasteiger partial charge in [-0.25, -0.2) is 8.78 Å². The van der Waals surface area contributed by atoms with Crippen molar-refractivity contribution in [2.75, 3.05) is 11.1 Å². The molecule has 3 rings (SSSR count). The third-order valence-corrected chi connectivity index (χ3v) is 2.92. The van der Waals surface area contributed by atoms with Crippen LogP contribution in [0.1, 0.15) is 5.56 Å². The van der Waals surface area contributed by atoms with Gasteiger partial charge in [0.05, 0.1) is 12.1 Å². The molecule has 2 aromatic rings. The molecule has 0 atom stereocenters. The minimum Gasteiger partial charge on any atom is -0.455 e. The van der Waals surface area contributed by atoms with Gasteiger partial charge in [0.25, 0.3) is 0 Å². The first-order valence-electron chi connectivity index (χ1n) is 5.87. The molecule has 1 aliphatic heterocycles. The predicted molar refractivity (Wildman–Crippen MR) is 69.6 cm³/mol. The fourth-order valence-electron chi connectivity index (χ4n) is 2.08. The monoisotopic (exact) mass is 276 g/mol. The number of ether oxygens (including phenoxy) is 1. The Balaban J connectivity index is 1.95. The number of anilines is 2. The SMILES string of the molecule is Nc1cc2c(cc1Oc1cc(F)cc(F)c1)NC(=O)C2. The Morgan fingerprint density at radius 3 is 2.50 bits per heavy atom. The summed E-state index contributed by atoms with van der Waals surface area (Å²) >= 11 is 0. The third kappa shape index (κ3) is 2.27. The summed E-state index contributed by atoms with van der Waals surface area (Å²) in [6, 6.07) is 6.00. The highest BCUT2D eigenvalue weighted by molar-refractivity contribution is 6.00. The number of nitrogen functional groups attached to an aromatic ring is 1. The Morgan fingerprint density at radius 2 is 1.80 bits per heavy atom. The van der Waals surface area contributed by atoms with Crippen LogP contribution in [0.25, 0.3) is 0 Å². The highest BCUT2D eigenvalue weighted by Crippen LogP contribution is 2.35. The average Bonchev–Trinajstić information content (AvgIpc) is 2.67. The van der Waals surface area contributed by atoms with Gasteiger partial charge in [0.1, 0.15) is 17.4 Å². The summed E-state index contributed by atoms with van der Waals surface area (Å²) < 4.78 is 31.6. The largest absolute Gasteiger partial charge is 0.455 e. The minimum atomic E-state index is -0.743. The maximum absolute atomic E-state index is 13.1. The molecule has 0 aromatic heterocycles. The number of benzene rings is 2. The first kappa shape index (κ1) is 12.4. The maximum Gasteiger partial charge on any atom is 0.228 e. The molecule has 2 aromatic carbocycles. The van der Waals surface area contributed by atoms with Crippen molar-refractivity contribution < 1.29 is 18.3 Å². The summed E-state index contributed by atoms with van der Waals surface area (Å²) in [6.07, 6.45) is 0.258. The smallest absolute Gasteiger partial charge is 0.228 e. The first-order chi connectivity index (χ1) is 9.51. The fraction of sp³-hybridized carbons (Fsp3) is 0.0714. The van der Waals surface area contributed by atoms with E-state index in [1.807, 2.05) is 0 Å². The van der Waals surface area contributed by atoms with E-state index < -0.39 is 11.6 Å².